The Hall–Kier alpha value is -2.92. The molecule has 0 amide bonds. The maximum absolute atomic E-state index is 14.0. The summed E-state index contributed by atoms with van der Waals surface area (Å²) in [4.78, 5) is 0. The normalized spacial score (nSPS) is 11.0. The predicted molar refractivity (Wildman–Crippen MR) is 77.1 cm³/mol. The minimum absolute atomic E-state index is 0.212. The first-order chi connectivity index (χ1) is 10.0. The largest absolute Gasteiger partial charge is 0.382 e. The molecule has 0 saturated carbocycles. The van der Waals surface area contributed by atoms with Crippen LogP contribution in [0, 0.1) is 22.6 Å². The molecule has 0 aliphatic carbocycles. The Balaban J connectivity index is 2.24. The van der Waals surface area contributed by atoms with Crippen LogP contribution < -0.4 is 11.2 Å². The minimum Gasteiger partial charge on any atom is -0.382 e. The number of nitrogens with zero attached hydrogens (tertiary/aromatic N) is 4. The number of nitrogens with two attached hydrogens (primary N) is 1. The van der Waals surface area contributed by atoms with Crippen LogP contribution in [0.3, 0.4) is 0 Å². The van der Waals surface area contributed by atoms with Crippen LogP contribution in [0.4, 0.5) is 10.1 Å². The summed E-state index contributed by atoms with van der Waals surface area (Å²) >= 11 is 5.73. The number of nitrogens with one attached hydrogen (secondary N) is 2. The van der Waals surface area contributed by atoms with Gasteiger partial charge >= 0.3 is 0 Å². The lowest BCUT2D eigenvalue weighted by molar-refractivity contribution is 0.611. The van der Waals surface area contributed by atoms with Crippen LogP contribution in [-0.2, 0) is 0 Å². The Morgan fingerprint density at radius 2 is 2.33 bits per heavy atom. The van der Waals surface area contributed by atoms with Crippen molar-refractivity contribution in [2.75, 3.05) is 5.43 Å². The van der Waals surface area contributed by atoms with E-state index in [9.17, 15) is 4.39 Å². The number of halogens is 2. The molecule has 0 saturated heterocycles. The SMILES string of the molecule is N#C/C(=N\Nc1ccc(-n2cc(Cl)cn2)c(F)c1)C(=N)N. The summed E-state index contributed by atoms with van der Waals surface area (Å²) in [6, 6.07) is 5.81. The van der Waals surface area contributed by atoms with Gasteiger partial charge < -0.3 is 5.73 Å². The van der Waals surface area contributed by atoms with Crippen molar-refractivity contribution >= 4 is 28.8 Å². The second kappa shape index (κ2) is 6.02. The third kappa shape index (κ3) is 3.34. The van der Waals surface area contributed by atoms with E-state index < -0.39 is 11.7 Å². The van der Waals surface area contributed by atoms with Crippen LogP contribution in [-0.4, -0.2) is 21.3 Å². The summed E-state index contributed by atoms with van der Waals surface area (Å²) in [5, 5.41) is 23.7. The van der Waals surface area contributed by atoms with E-state index in [1.54, 1.807) is 6.07 Å². The van der Waals surface area contributed by atoms with E-state index in [0.717, 1.165) is 0 Å². The lowest BCUT2D eigenvalue weighted by Crippen LogP contribution is -2.21. The molecule has 4 N–H and O–H groups in total. The molecule has 0 fully saturated rings. The number of amidine groups is 1. The first-order valence-corrected chi connectivity index (χ1v) is 5.97. The Labute approximate surface area is 123 Å². The highest BCUT2D eigenvalue weighted by Crippen LogP contribution is 2.19. The van der Waals surface area contributed by atoms with Crippen molar-refractivity contribution in [2.24, 2.45) is 10.8 Å². The number of rotatable bonds is 4. The number of anilines is 1. The van der Waals surface area contributed by atoms with Crippen LogP contribution in [0.1, 0.15) is 0 Å². The van der Waals surface area contributed by atoms with Crippen LogP contribution in [0.2, 0.25) is 5.02 Å². The lowest BCUT2D eigenvalue weighted by atomic mass is 10.2. The number of nitriles is 1. The number of hydrazone groups is 1. The van der Waals surface area contributed by atoms with Crippen molar-refractivity contribution in [3.8, 4) is 11.8 Å². The molecule has 0 unspecified atom stereocenters. The molecule has 0 aliphatic rings. The van der Waals surface area contributed by atoms with Crippen molar-refractivity contribution in [2.45, 2.75) is 0 Å². The van der Waals surface area contributed by atoms with Crippen LogP contribution in [0.5, 0.6) is 0 Å². The van der Waals surface area contributed by atoms with Crippen LogP contribution >= 0.6 is 11.6 Å². The molecule has 1 heterocycles. The molecule has 21 heavy (non-hydrogen) atoms. The standard InChI is InChI=1S/C12H9ClFN7/c13-7-5-18-21(6-7)11-2-1-8(3-9(11)14)19-20-10(4-15)12(16)17/h1-3,5-6,19H,(H3,16,17)/b20-10+. The molecule has 0 spiro atoms. The summed E-state index contributed by atoms with van der Waals surface area (Å²) in [7, 11) is 0. The first kappa shape index (κ1) is 14.5. The van der Waals surface area contributed by atoms with Crippen LogP contribution in [0.25, 0.3) is 5.69 Å². The molecule has 0 bridgehead atoms. The average Bonchev–Trinajstić information content (AvgIpc) is 2.85. The maximum atomic E-state index is 14.0. The summed E-state index contributed by atoms with van der Waals surface area (Å²) in [5.74, 6) is -1.04. The molecule has 0 aliphatic heterocycles. The molecule has 1 aromatic carbocycles. The van der Waals surface area contributed by atoms with Crippen molar-refractivity contribution in [1.29, 1.82) is 10.7 Å². The van der Waals surface area contributed by atoms with Gasteiger partial charge in [0.05, 0.1) is 16.9 Å². The summed E-state index contributed by atoms with van der Waals surface area (Å²) in [6.07, 6.45) is 2.86. The van der Waals surface area contributed by atoms with Gasteiger partial charge in [-0.3, -0.25) is 10.8 Å². The topological polar surface area (TPSA) is 116 Å². The smallest absolute Gasteiger partial charge is 0.201 e. The monoisotopic (exact) mass is 305 g/mol. The molecule has 0 radical (unpaired) electrons. The molecule has 9 heteroatoms. The van der Waals surface area contributed by atoms with Gasteiger partial charge in [0, 0.05) is 12.3 Å². The molecule has 2 rings (SSSR count). The minimum atomic E-state index is -0.559. The van der Waals surface area contributed by atoms with E-state index in [0.29, 0.717) is 10.7 Å². The number of benzene rings is 1. The van der Waals surface area contributed by atoms with Crippen molar-refractivity contribution in [1.82, 2.24) is 9.78 Å². The fourth-order valence-corrected chi connectivity index (χ4v) is 1.60. The van der Waals surface area contributed by atoms with Crippen molar-refractivity contribution in [3.63, 3.8) is 0 Å². The Morgan fingerprint density at radius 3 is 2.86 bits per heavy atom. The highest BCUT2D eigenvalue weighted by atomic mass is 35.5. The van der Waals surface area contributed by atoms with E-state index in [4.69, 9.17) is 28.0 Å². The average molecular weight is 306 g/mol. The van der Waals surface area contributed by atoms with Crippen molar-refractivity contribution in [3.05, 3.63) is 41.4 Å². The molecule has 7 nitrogen and oxygen atoms in total. The molecule has 106 valence electrons. The van der Waals surface area contributed by atoms with Gasteiger partial charge in [0.1, 0.15) is 11.8 Å². The summed E-state index contributed by atoms with van der Waals surface area (Å²) in [6.45, 7) is 0. The first-order valence-electron chi connectivity index (χ1n) is 5.59. The van der Waals surface area contributed by atoms with Crippen molar-refractivity contribution < 1.29 is 4.39 Å². The third-order valence-electron chi connectivity index (χ3n) is 2.40. The molecule has 1 aromatic heterocycles. The van der Waals surface area contributed by atoms with Gasteiger partial charge in [0.2, 0.25) is 5.71 Å². The van der Waals surface area contributed by atoms with Gasteiger partial charge in [-0.15, -0.1) is 0 Å². The third-order valence-corrected chi connectivity index (χ3v) is 2.60. The number of hydrogen-bond donors (Lipinski definition) is 3. The van der Waals surface area contributed by atoms with Gasteiger partial charge in [-0.1, -0.05) is 11.6 Å². The maximum Gasteiger partial charge on any atom is 0.201 e. The fourth-order valence-electron chi connectivity index (χ4n) is 1.46. The quantitative estimate of drug-likeness (QED) is 0.454. The van der Waals surface area contributed by atoms with Gasteiger partial charge in [-0.05, 0) is 12.1 Å². The predicted octanol–water partition coefficient (Wildman–Crippen LogP) is 1.89. The van der Waals surface area contributed by atoms with E-state index >= 15 is 0 Å². The zero-order chi connectivity index (χ0) is 15.4. The van der Waals surface area contributed by atoms with Gasteiger partial charge in [0.15, 0.2) is 11.7 Å². The number of hydrogen-bond acceptors (Lipinski definition) is 5. The lowest BCUT2D eigenvalue weighted by Gasteiger charge is -2.06. The molecule has 2 aromatic rings. The van der Waals surface area contributed by atoms with Gasteiger partial charge in [-0.25, -0.2) is 9.07 Å². The fraction of sp³-hybridized carbons (Fsp3) is 0. The van der Waals surface area contributed by atoms with E-state index in [-0.39, 0.29) is 11.4 Å². The van der Waals surface area contributed by atoms with Crippen LogP contribution in [0.15, 0.2) is 35.7 Å². The molecule has 0 atom stereocenters. The van der Waals surface area contributed by atoms with E-state index in [2.05, 4.69) is 15.6 Å². The highest BCUT2D eigenvalue weighted by molar-refractivity contribution is 6.45. The zero-order valence-corrected chi connectivity index (χ0v) is 11.3. The summed E-state index contributed by atoms with van der Waals surface area (Å²) < 4.78 is 15.3. The van der Waals surface area contributed by atoms with Gasteiger partial charge in [0.25, 0.3) is 0 Å². The van der Waals surface area contributed by atoms with E-state index in [1.807, 2.05) is 0 Å². The zero-order valence-electron chi connectivity index (χ0n) is 10.5. The Kier molecular flexibility index (Phi) is 4.15. The Morgan fingerprint density at radius 1 is 1.57 bits per heavy atom. The highest BCUT2D eigenvalue weighted by Gasteiger charge is 2.07. The second-order valence-electron chi connectivity index (χ2n) is 3.87. The van der Waals surface area contributed by atoms with Gasteiger partial charge in [-0.2, -0.15) is 15.5 Å². The Bertz CT molecular complexity index is 759. The summed E-state index contributed by atoms with van der Waals surface area (Å²) in [5.41, 5.74) is 7.80. The number of aromatic nitrogens is 2. The van der Waals surface area contributed by atoms with E-state index in [1.165, 1.54) is 35.3 Å². The second-order valence-corrected chi connectivity index (χ2v) is 4.30. The molecular weight excluding hydrogens is 297 g/mol. The molecular formula is C12H9ClFN7.